The van der Waals surface area contributed by atoms with Crippen LogP contribution in [-0.4, -0.2) is 61.4 Å². The van der Waals surface area contributed by atoms with Gasteiger partial charge < -0.3 is 14.7 Å². The zero-order valence-corrected chi connectivity index (χ0v) is 16.8. The van der Waals surface area contributed by atoms with Gasteiger partial charge in [-0.2, -0.15) is 0 Å². The number of nitrogens with zero attached hydrogens (tertiary/aromatic N) is 3. The lowest BCUT2D eigenvalue weighted by Crippen LogP contribution is -2.50. The molecule has 5 heteroatoms. The van der Waals surface area contributed by atoms with E-state index in [2.05, 4.69) is 18.9 Å². The van der Waals surface area contributed by atoms with Crippen molar-refractivity contribution < 1.29 is 9.59 Å². The molecule has 2 amide bonds. The van der Waals surface area contributed by atoms with Gasteiger partial charge in [-0.05, 0) is 42.8 Å². The summed E-state index contributed by atoms with van der Waals surface area (Å²) in [6, 6.07) is 17.1. The van der Waals surface area contributed by atoms with Gasteiger partial charge in [-0.15, -0.1) is 0 Å². The van der Waals surface area contributed by atoms with E-state index in [9.17, 15) is 9.59 Å². The van der Waals surface area contributed by atoms with Gasteiger partial charge in [0.05, 0.1) is 0 Å². The van der Waals surface area contributed by atoms with Crippen molar-refractivity contribution >= 4 is 17.5 Å². The molecule has 0 aliphatic carbocycles. The minimum Gasteiger partial charge on any atom is -0.375 e. The van der Waals surface area contributed by atoms with Gasteiger partial charge in [0.25, 0.3) is 11.8 Å². The van der Waals surface area contributed by atoms with Crippen molar-refractivity contribution in [2.75, 3.05) is 44.7 Å². The highest BCUT2D eigenvalue weighted by Gasteiger charge is 2.25. The molecule has 1 aliphatic rings. The van der Waals surface area contributed by atoms with E-state index >= 15 is 0 Å². The number of anilines is 1. The highest BCUT2D eigenvalue weighted by atomic mass is 16.2. The topological polar surface area (TPSA) is 43.9 Å². The minimum absolute atomic E-state index is 0.0344. The Morgan fingerprint density at radius 2 is 1.32 bits per heavy atom. The molecule has 2 aromatic carbocycles. The Balaban J connectivity index is 1.55. The summed E-state index contributed by atoms with van der Waals surface area (Å²) in [7, 11) is 2.08. The molecule has 28 heavy (non-hydrogen) atoms. The molecule has 3 rings (SSSR count). The Labute approximate surface area is 167 Å². The molecule has 1 heterocycles. The van der Waals surface area contributed by atoms with Crippen LogP contribution < -0.4 is 4.90 Å². The fraction of sp³-hybridized carbons (Fsp3) is 0.391. The van der Waals surface area contributed by atoms with Crippen molar-refractivity contribution in [3.8, 4) is 0 Å². The van der Waals surface area contributed by atoms with E-state index in [4.69, 9.17) is 0 Å². The number of carbonyl (C=O) groups is 2. The maximum Gasteiger partial charge on any atom is 0.253 e. The largest absolute Gasteiger partial charge is 0.375 e. The number of benzene rings is 2. The summed E-state index contributed by atoms with van der Waals surface area (Å²) in [6.07, 6.45) is 2.32. The number of rotatable bonds is 6. The summed E-state index contributed by atoms with van der Waals surface area (Å²) < 4.78 is 0. The van der Waals surface area contributed by atoms with Gasteiger partial charge in [0.2, 0.25) is 0 Å². The first kappa shape index (κ1) is 19.9. The zero-order valence-electron chi connectivity index (χ0n) is 16.8. The Bertz CT molecular complexity index is 781. The van der Waals surface area contributed by atoms with Crippen LogP contribution >= 0.6 is 0 Å². The Hall–Kier alpha value is -2.82. The molecule has 1 fully saturated rings. The maximum atomic E-state index is 12.8. The highest BCUT2D eigenvalue weighted by molar-refractivity contribution is 5.96. The third-order valence-corrected chi connectivity index (χ3v) is 5.28. The lowest BCUT2D eigenvalue weighted by atomic mass is 10.1. The highest BCUT2D eigenvalue weighted by Crippen LogP contribution is 2.17. The van der Waals surface area contributed by atoms with Crippen molar-refractivity contribution in [2.45, 2.75) is 19.8 Å². The van der Waals surface area contributed by atoms with Crippen LogP contribution in [-0.2, 0) is 0 Å². The molecular formula is C23H29N3O2. The number of hydrogen-bond acceptors (Lipinski definition) is 3. The second kappa shape index (κ2) is 9.40. The van der Waals surface area contributed by atoms with Gasteiger partial charge in [0, 0.05) is 56.6 Å². The monoisotopic (exact) mass is 379 g/mol. The first-order valence-corrected chi connectivity index (χ1v) is 10.0. The van der Waals surface area contributed by atoms with Gasteiger partial charge in [-0.3, -0.25) is 9.59 Å². The summed E-state index contributed by atoms with van der Waals surface area (Å²) >= 11 is 0. The molecule has 0 atom stereocenters. The average molecular weight is 380 g/mol. The van der Waals surface area contributed by atoms with Gasteiger partial charge in [0.1, 0.15) is 0 Å². The molecule has 1 aliphatic heterocycles. The molecule has 1 saturated heterocycles. The molecular weight excluding hydrogens is 350 g/mol. The molecule has 148 valence electrons. The zero-order chi connectivity index (χ0) is 19.9. The summed E-state index contributed by atoms with van der Waals surface area (Å²) in [4.78, 5) is 31.2. The van der Waals surface area contributed by atoms with Crippen molar-refractivity contribution in [2.24, 2.45) is 0 Å². The Morgan fingerprint density at radius 1 is 0.821 bits per heavy atom. The summed E-state index contributed by atoms with van der Waals surface area (Å²) in [6.45, 7) is 5.46. The van der Waals surface area contributed by atoms with Gasteiger partial charge >= 0.3 is 0 Å². The standard InChI is InChI=1S/C23H29N3O2/c1-3-4-14-24(2)21-12-10-20(11-13-21)23(28)26-17-15-25(16-18-26)22(27)19-8-6-5-7-9-19/h5-13H,3-4,14-18H2,1-2H3. The van der Waals surface area contributed by atoms with Gasteiger partial charge in [-0.1, -0.05) is 31.5 Å². The van der Waals surface area contributed by atoms with E-state index in [0.29, 0.717) is 37.3 Å². The first-order valence-electron chi connectivity index (χ1n) is 10.0. The molecule has 0 aromatic heterocycles. The quantitative estimate of drug-likeness (QED) is 0.771. The number of piperazine rings is 1. The number of amides is 2. The fourth-order valence-corrected chi connectivity index (χ4v) is 3.44. The van der Waals surface area contributed by atoms with Crippen LogP contribution in [0, 0.1) is 0 Å². The summed E-state index contributed by atoms with van der Waals surface area (Å²) in [5.74, 6) is 0.0711. The molecule has 0 unspecified atom stereocenters. The third kappa shape index (κ3) is 4.71. The van der Waals surface area contributed by atoms with Crippen molar-refractivity contribution in [3.05, 3.63) is 65.7 Å². The number of unbranched alkanes of at least 4 members (excludes halogenated alkanes) is 1. The second-order valence-corrected chi connectivity index (χ2v) is 7.27. The minimum atomic E-state index is 0.0344. The van der Waals surface area contributed by atoms with E-state index in [0.717, 1.165) is 18.7 Å². The van der Waals surface area contributed by atoms with E-state index < -0.39 is 0 Å². The fourth-order valence-electron chi connectivity index (χ4n) is 3.44. The van der Waals surface area contributed by atoms with Crippen LogP contribution in [0.1, 0.15) is 40.5 Å². The molecule has 0 saturated carbocycles. The third-order valence-electron chi connectivity index (χ3n) is 5.28. The van der Waals surface area contributed by atoms with E-state index in [1.807, 2.05) is 64.4 Å². The average Bonchev–Trinajstić information content (AvgIpc) is 2.77. The van der Waals surface area contributed by atoms with Crippen molar-refractivity contribution in [1.29, 1.82) is 0 Å². The normalized spacial score (nSPS) is 14.1. The number of carbonyl (C=O) groups excluding carboxylic acids is 2. The van der Waals surface area contributed by atoms with Crippen LogP contribution in [0.3, 0.4) is 0 Å². The predicted molar refractivity (Wildman–Crippen MR) is 113 cm³/mol. The van der Waals surface area contributed by atoms with E-state index in [1.54, 1.807) is 0 Å². The van der Waals surface area contributed by atoms with Crippen molar-refractivity contribution in [3.63, 3.8) is 0 Å². The van der Waals surface area contributed by atoms with Crippen LogP contribution in [0.15, 0.2) is 54.6 Å². The van der Waals surface area contributed by atoms with E-state index in [-0.39, 0.29) is 11.8 Å². The molecule has 5 nitrogen and oxygen atoms in total. The molecule has 2 aromatic rings. The van der Waals surface area contributed by atoms with E-state index in [1.165, 1.54) is 6.42 Å². The summed E-state index contributed by atoms with van der Waals surface area (Å²) in [5, 5.41) is 0. The molecule has 0 radical (unpaired) electrons. The lowest BCUT2D eigenvalue weighted by Gasteiger charge is -2.35. The lowest BCUT2D eigenvalue weighted by molar-refractivity contribution is 0.0535. The van der Waals surface area contributed by atoms with Gasteiger partial charge in [-0.25, -0.2) is 0 Å². The maximum absolute atomic E-state index is 12.8. The Morgan fingerprint density at radius 3 is 1.82 bits per heavy atom. The first-order chi connectivity index (χ1) is 13.6. The molecule has 0 spiro atoms. The van der Waals surface area contributed by atoms with Crippen LogP contribution in [0.2, 0.25) is 0 Å². The summed E-state index contributed by atoms with van der Waals surface area (Å²) in [5.41, 5.74) is 2.53. The van der Waals surface area contributed by atoms with Crippen LogP contribution in [0.4, 0.5) is 5.69 Å². The van der Waals surface area contributed by atoms with Crippen molar-refractivity contribution in [1.82, 2.24) is 9.80 Å². The number of hydrogen-bond donors (Lipinski definition) is 0. The smallest absolute Gasteiger partial charge is 0.253 e. The predicted octanol–water partition coefficient (Wildman–Crippen LogP) is 3.52. The molecule has 0 N–H and O–H groups in total. The Kier molecular flexibility index (Phi) is 6.69. The van der Waals surface area contributed by atoms with Crippen LogP contribution in [0.25, 0.3) is 0 Å². The van der Waals surface area contributed by atoms with Crippen LogP contribution in [0.5, 0.6) is 0 Å². The second-order valence-electron chi connectivity index (χ2n) is 7.27. The van der Waals surface area contributed by atoms with Gasteiger partial charge in [0.15, 0.2) is 0 Å². The molecule has 0 bridgehead atoms. The SMILES string of the molecule is CCCCN(C)c1ccc(C(=O)N2CCN(C(=O)c3ccccc3)CC2)cc1.